The zero-order valence-electron chi connectivity index (χ0n) is 23.8. The molecule has 2 heterocycles. The average Bonchev–Trinajstić information content (AvgIpc) is 3.54. The summed E-state index contributed by atoms with van der Waals surface area (Å²) < 4.78 is 0. The van der Waals surface area contributed by atoms with E-state index >= 15 is 0 Å². The second kappa shape index (κ2) is 14.8. The second-order valence-electron chi connectivity index (χ2n) is 8.87. The first-order valence-corrected chi connectivity index (χ1v) is 14.3. The number of thiazole rings is 2. The molecule has 21 heteroatoms. The van der Waals surface area contributed by atoms with E-state index in [9.17, 15) is 40.0 Å². The van der Waals surface area contributed by atoms with Crippen molar-refractivity contribution in [1.29, 1.82) is 0 Å². The summed E-state index contributed by atoms with van der Waals surface area (Å²) in [7, 11) is 0. The molecule has 0 unspecified atom stereocenters. The molecule has 1 radical (unpaired) electrons. The van der Waals surface area contributed by atoms with Gasteiger partial charge in [-0.25, -0.2) is 0 Å². The third-order valence-corrected chi connectivity index (χ3v) is 8.83. The van der Waals surface area contributed by atoms with Crippen LogP contribution < -0.4 is 19.6 Å². The summed E-state index contributed by atoms with van der Waals surface area (Å²) in [6.45, 7) is 8.85. The first kappa shape index (κ1) is 37.2. The number of rotatable bonds is 4. The first-order chi connectivity index (χ1) is 20.5. The predicted molar refractivity (Wildman–Crippen MR) is 162 cm³/mol. The van der Waals surface area contributed by atoms with Crippen LogP contribution in [0.5, 0.6) is 0 Å². The molecule has 0 saturated heterocycles. The first-order valence-electron chi connectivity index (χ1n) is 11.9. The van der Waals surface area contributed by atoms with Crippen LogP contribution in [-0.2, 0) is 26.4 Å². The van der Waals surface area contributed by atoms with Crippen LogP contribution in [-0.4, -0.2) is 43.0 Å². The van der Waals surface area contributed by atoms with Gasteiger partial charge in [0.2, 0.25) is 11.6 Å². The van der Waals surface area contributed by atoms with Gasteiger partial charge in [-0.1, -0.05) is 45.9 Å². The number of aliphatic hydroxyl groups excluding tert-OH is 2. The minimum absolute atomic E-state index is 0. The Labute approximate surface area is 281 Å². The molecule has 2 aromatic rings. The van der Waals surface area contributed by atoms with Crippen LogP contribution in [0.25, 0.3) is 0 Å². The third kappa shape index (κ3) is 7.80. The van der Waals surface area contributed by atoms with Crippen molar-refractivity contribution in [2.24, 2.45) is 20.4 Å². The fourth-order valence-corrected chi connectivity index (χ4v) is 5.28. The van der Waals surface area contributed by atoms with Crippen LogP contribution in [0.15, 0.2) is 64.3 Å². The number of hydrogen-bond acceptors (Lipinski definition) is 14. The summed E-state index contributed by atoms with van der Waals surface area (Å²) in [5.41, 5.74) is 1.22. The maximum Gasteiger partial charge on any atom is 2.00 e. The zero-order valence-corrected chi connectivity index (χ0v) is 28.0. The van der Waals surface area contributed by atoms with E-state index in [1.54, 1.807) is 0 Å². The Morgan fingerprint density at radius 1 is 0.644 bits per heavy atom. The van der Waals surface area contributed by atoms with Gasteiger partial charge in [-0.2, -0.15) is 0 Å². The number of nitrogens with zero attached hydrogens (tertiary/aromatic N) is 8. The van der Waals surface area contributed by atoms with Gasteiger partial charge >= 0.3 is 26.8 Å². The van der Waals surface area contributed by atoms with Gasteiger partial charge in [0.05, 0.1) is 19.9 Å². The molecule has 16 nitrogen and oxygen atoms in total. The fraction of sp³-hybridized carbons (Fsp3) is 0.250. The van der Waals surface area contributed by atoms with Crippen molar-refractivity contribution in [2.75, 3.05) is 0 Å². The normalized spacial score (nSPS) is 18.2. The molecule has 0 saturated carbocycles. The van der Waals surface area contributed by atoms with Gasteiger partial charge in [0.1, 0.15) is 22.9 Å². The third-order valence-electron chi connectivity index (χ3n) is 5.93. The molecule has 0 fully saturated rings. The molecular formula is C24H20Cl2CoN8O8S2. The van der Waals surface area contributed by atoms with Crippen molar-refractivity contribution in [3.8, 4) is 0 Å². The summed E-state index contributed by atoms with van der Waals surface area (Å²) >= 11 is 13.3. The molecule has 4 rings (SSSR count). The minimum Gasteiger partial charge on any atom is -0.505 e. The van der Waals surface area contributed by atoms with Crippen molar-refractivity contribution in [2.45, 2.75) is 41.5 Å². The molecule has 0 amide bonds. The number of ketones is 2. The predicted octanol–water partition coefficient (Wildman–Crippen LogP) is 4.21. The van der Waals surface area contributed by atoms with E-state index in [4.69, 9.17) is 23.2 Å². The molecule has 2 aliphatic carbocycles. The van der Waals surface area contributed by atoms with Crippen molar-refractivity contribution < 1.29 is 46.4 Å². The van der Waals surface area contributed by atoms with Gasteiger partial charge in [-0.15, -0.1) is 0 Å². The number of aryl methyl sites for hydroxylation is 2. The second-order valence-corrected chi connectivity index (χ2v) is 11.5. The van der Waals surface area contributed by atoms with E-state index in [1.807, 2.05) is 0 Å². The average molecular weight is 742 g/mol. The Morgan fingerprint density at radius 3 is 1.22 bits per heavy atom. The van der Waals surface area contributed by atoms with Crippen LogP contribution in [0.1, 0.15) is 39.1 Å². The maximum atomic E-state index is 11.7. The molecule has 0 bridgehead atoms. The van der Waals surface area contributed by atoms with Crippen LogP contribution in [0.3, 0.4) is 0 Å². The topological polar surface area (TPSA) is 239 Å². The van der Waals surface area contributed by atoms with E-state index in [2.05, 4.69) is 30.4 Å². The van der Waals surface area contributed by atoms with Gasteiger partial charge in [-0.05, 0) is 41.5 Å². The Bertz CT molecular complexity index is 1770. The Balaban J connectivity index is 0.000000307. The van der Waals surface area contributed by atoms with Gasteiger partial charge in [0, 0.05) is 43.3 Å². The number of hydrogen-bond donors (Lipinski definition) is 2. The number of aromatic nitrogens is 2. The Kier molecular flexibility index (Phi) is 12.3. The van der Waals surface area contributed by atoms with Crippen LogP contribution in [0, 0.1) is 34.1 Å². The molecule has 239 valence electrons. The Morgan fingerprint density at radius 2 is 0.956 bits per heavy atom. The number of aliphatic hydroxyl groups is 2. The SMILES string of the molecule is CC1=C(O)/C(=N/N=c2\[n-]c(C)c([N+](=O)[O-])s2)C(C)=C(Cl)C1=O.CC1=C(O)/C(=N/N=c2\[n-]c(C)c([N+](=O)[O-])s2)C(C)=C(Cl)C1=O.[Co+2]. The van der Waals surface area contributed by atoms with Crippen molar-refractivity contribution >= 4 is 78.9 Å². The molecule has 0 aliphatic heterocycles. The largest absolute Gasteiger partial charge is 2.00 e. The molecule has 2 aromatic heterocycles. The number of allylic oxidation sites excluding steroid dienone is 6. The molecule has 0 aromatic carbocycles. The fourth-order valence-electron chi connectivity index (χ4n) is 3.41. The quantitative estimate of drug-likeness (QED) is 0.257. The number of carbonyl (C=O) groups is 2. The van der Waals surface area contributed by atoms with Gasteiger partial charge in [-0.3, -0.25) is 40.0 Å². The Hall–Kier alpha value is -4.01. The van der Waals surface area contributed by atoms with E-state index in [-0.39, 0.29) is 103 Å². The molecule has 2 aliphatic rings. The molecule has 45 heavy (non-hydrogen) atoms. The van der Waals surface area contributed by atoms with E-state index in [1.165, 1.54) is 41.5 Å². The monoisotopic (exact) mass is 741 g/mol. The van der Waals surface area contributed by atoms with Gasteiger partial charge < -0.3 is 30.4 Å². The van der Waals surface area contributed by atoms with Crippen LogP contribution in [0.2, 0.25) is 0 Å². The molecule has 2 N–H and O–H groups in total. The summed E-state index contributed by atoms with van der Waals surface area (Å²) in [4.78, 5) is 51.8. The van der Waals surface area contributed by atoms with Gasteiger partial charge in [0.15, 0.2) is 0 Å². The molecule has 0 spiro atoms. The zero-order chi connectivity index (χ0) is 33.2. The van der Waals surface area contributed by atoms with Crippen LogP contribution in [0.4, 0.5) is 10.0 Å². The van der Waals surface area contributed by atoms with Crippen molar-refractivity contribution in [1.82, 2.24) is 9.97 Å². The van der Waals surface area contributed by atoms with Crippen LogP contribution >= 0.6 is 45.9 Å². The summed E-state index contributed by atoms with van der Waals surface area (Å²) in [5.74, 6) is -1.59. The number of Topliss-reactive ketones (excluding diaryl/α,β-unsaturated/α-hetero) is 2. The summed E-state index contributed by atoms with van der Waals surface area (Å²) in [5, 5.41) is 56.3. The van der Waals surface area contributed by atoms with E-state index in [0.29, 0.717) is 0 Å². The van der Waals surface area contributed by atoms with E-state index in [0.717, 1.165) is 22.7 Å². The minimum atomic E-state index is -0.554. The van der Waals surface area contributed by atoms with E-state index < -0.39 is 21.4 Å². The maximum absolute atomic E-state index is 11.7. The summed E-state index contributed by atoms with van der Waals surface area (Å²) in [6, 6.07) is 0. The molecule has 0 atom stereocenters. The molecular weight excluding hydrogens is 722 g/mol. The van der Waals surface area contributed by atoms with Gasteiger partial charge in [0.25, 0.3) is 0 Å². The van der Waals surface area contributed by atoms with Crippen molar-refractivity contribution in [3.63, 3.8) is 0 Å². The smallest absolute Gasteiger partial charge is 0.505 e. The summed E-state index contributed by atoms with van der Waals surface area (Å²) in [6.07, 6.45) is 0. The number of carbonyl (C=O) groups excluding carboxylic acids is 2. The number of halogens is 2. The standard InChI is InChI=1S/2C12H11ClN4O4S.Co/c2*1-4-7(13)9(18)5(2)10(19)8(4)15-16-12-14-6(3)11(22-12)17(20)21;/h2*1-3H3,(H2,14,16,18,19);/q;;+2/p-2. The number of nitro groups is 2. The van der Waals surface area contributed by atoms with Crippen molar-refractivity contribution in [3.05, 3.63) is 85.1 Å².